The van der Waals surface area contributed by atoms with Crippen molar-refractivity contribution in [1.82, 2.24) is 10.2 Å². The molecule has 7 heteroatoms. The van der Waals surface area contributed by atoms with E-state index in [4.69, 9.17) is 23.2 Å². The van der Waals surface area contributed by atoms with Crippen LogP contribution in [0.15, 0.2) is 72.8 Å². The van der Waals surface area contributed by atoms with Crippen LogP contribution in [0, 0.1) is 5.82 Å². The standard InChI is InChI=1S/C28H29Cl2FN2O2/c1-28(2,3)32-27(35)25(15-19-7-5-4-6-8-19)33(18-21-11-12-22(29)17-24(21)30)26(34)16-20-9-13-23(31)14-10-20/h4-14,17,25H,15-16,18H2,1-3H3,(H,32,35). The molecule has 0 spiro atoms. The van der Waals surface area contributed by atoms with E-state index in [1.165, 1.54) is 12.1 Å². The molecular weight excluding hydrogens is 486 g/mol. The van der Waals surface area contributed by atoms with E-state index in [0.29, 0.717) is 27.6 Å². The van der Waals surface area contributed by atoms with Crippen molar-refractivity contribution >= 4 is 35.0 Å². The Morgan fingerprint density at radius 2 is 1.60 bits per heavy atom. The van der Waals surface area contributed by atoms with Crippen LogP contribution in [-0.4, -0.2) is 28.3 Å². The maximum atomic E-state index is 13.7. The fourth-order valence-corrected chi connectivity index (χ4v) is 4.19. The lowest BCUT2D eigenvalue weighted by Crippen LogP contribution is -2.54. The molecule has 0 heterocycles. The van der Waals surface area contributed by atoms with Crippen molar-refractivity contribution in [2.75, 3.05) is 0 Å². The summed E-state index contributed by atoms with van der Waals surface area (Å²) in [5, 5.41) is 3.91. The summed E-state index contributed by atoms with van der Waals surface area (Å²) in [5.74, 6) is -0.913. The van der Waals surface area contributed by atoms with E-state index in [-0.39, 0.29) is 30.6 Å². The molecule has 0 bridgehead atoms. The Hall–Kier alpha value is -2.89. The molecule has 0 aliphatic heterocycles. The quantitative estimate of drug-likeness (QED) is 0.387. The van der Waals surface area contributed by atoms with Crippen LogP contribution < -0.4 is 5.32 Å². The van der Waals surface area contributed by atoms with Crippen LogP contribution in [0.2, 0.25) is 10.0 Å². The number of rotatable bonds is 8. The van der Waals surface area contributed by atoms with Gasteiger partial charge in [0.1, 0.15) is 11.9 Å². The second-order valence-corrected chi connectivity index (χ2v) is 10.3. The fraction of sp³-hybridized carbons (Fsp3) is 0.286. The lowest BCUT2D eigenvalue weighted by Gasteiger charge is -2.34. The molecule has 0 aliphatic carbocycles. The summed E-state index contributed by atoms with van der Waals surface area (Å²) >= 11 is 12.5. The van der Waals surface area contributed by atoms with Gasteiger partial charge in [0.05, 0.1) is 6.42 Å². The molecule has 0 aliphatic rings. The normalized spacial score (nSPS) is 12.2. The SMILES string of the molecule is CC(C)(C)NC(=O)C(Cc1ccccc1)N(Cc1ccc(Cl)cc1Cl)C(=O)Cc1ccc(F)cc1. The number of hydrogen-bond donors (Lipinski definition) is 1. The van der Waals surface area contributed by atoms with Crippen molar-refractivity contribution < 1.29 is 14.0 Å². The third-order valence-electron chi connectivity index (χ3n) is 5.39. The first-order valence-electron chi connectivity index (χ1n) is 11.4. The summed E-state index contributed by atoms with van der Waals surface area (Å²) in [5.41, 5.74) is 1.75. The van der Waals surface area contributed by atoms with Crippen molar-refractivity contribution in [2.45, 2.75) is 51.7 Å². The number of halogens is 3. The van der Waals surface area contributed by atoms with E-state index in [1.54, 1.807) is 35.2 Å². The molecule has 3 rings (SSSR count). The number of carbonyl (C=O) groups excluding carboxylic acids is 2. The highest BCUT2D eigenvalue weighted by molar-refractivity contribution is 6.35. The van der Waals surface area contributed by atoms with E-state index < -0.39 is 11.6 Å². The molecule has 3 aromatic rings. The third-order valence-corrected chi connectivity index (χ3v) is 5.98. The van der Waals surface area contributed by atoms with Gasteiger partial charge in [-0.15, -0.1) is 0 Å². The Morgan fingerprint density at radius 3 is 2.20 bits per heavy atom. The molecule has 35 heavy (non-hydrogen) atoms. The number of hydrogen-bond acceptors (Lipinski definition) is 2. The number of nitrogens with one attached hydrogen (secondary N) is 1. The third kappa shape index (κ3) is 8.08. The number of carbonyl (C=O) groups is 2. The molecular formula is C28H29Cl2FN2O2. The molecule has 0 saturated carbocycles. The second-order valence-electron chi connectivity index (χ2n) is 9.51. The highest BCUT2D eigenvalue weighted by Crippen LogP contribution is 2.25. The highest BCUT2D eigenvalue weighted by atomic mass is 35.5. The molecule has 3 aromatic carbocycles. The van der Waals surface area contributed by atoms with Crippen LogP contribution in [0.25, 0.3) is 0 Å². The zero-order valence-corrected chi connectivity index (χ0v) is 21.5. The van der Waals surface area contributed by atoms with Gasteiger partial charge in [0.15, 0.2) is 0 Å². The average Bonchev–Trinajstić information content (AvgIpc) is 2.78. The molecule has 184 valence electrons. The first-order chi connectivity index (χ1) is 16.5. The molecule has 1 N–H and O–H groups in total. The van der Waals surface area contributed by atoms with Crippen LogP contribution in [0.1, 0.15) is 37.5 Å². The van der Waals surface area contributed by atoms with E-state index >= 15 is 0 Å². The van der Waals surface area contributed by atoms with Crippen molar-refractivity contribution in [3.05, 3.63) is 105 Å². The summed E-state index contributed by atoms with van der Waals surface area (Å²) in [7, 11) is 0. The topological polar surface area (TPSA) is 49.4 Å². The summed E-state index contributed by atoms with van der Waals surface area (Å²) < 4.78 is 13.4. The summed E-state index contributed by atoms with van der Waals surface area (Å²) in [4.78, 5) is 28.7. The minimum absolute atomic E-state index is 0.0135. The maximum Gasteiger partial charge on any atom is 0.243 e. The van der Waals surface area contributed by atoms with Crippen LogP contribution in [0.4, 0.5) is 4.39 Å². The van der Waals surface area contributed by atoms with Gasteiger partial charge in [0, 0.05) is 28.5 Å². The number of nitrogens with zero attached hydrogens (tertiary/aromatic N) is 1. The van der Waals surface area contributed by atoms with Crippen molar-refractivity contribution in [3.63, 3.8) is 0 Å². The first-order valence-corrected chi connectivity index (χ1v) is 12.1. The Balaban J connectivity index is 2.01. The zero-order chi connectivity index (χ0) is 25.6. The minimum Gasteiger partial charge on any atom is -0.350 e. The Labute approximate surface area is 216 Å². The van der Waals surface area contributed by atoms with Crippen molar-refractivity contribution in [1.29, 1.82) is 0 Å². The smallest absolute Gasteiger partial charge is 0.243 e. The molecule has 2 amide bonds. The predicted molar refractivity (Wildman–Crippen MR) is 139 cm³/mol. The number of amides is 2. The molecule has 4 nitrogen and oxygen atoms in total. The van der Waals surface area contributed by atoms with E-state index in [1.807, 2.05) is 51.1 Å². The average molecular weight is 515 g/mol. The molecule has 0 radical (unpaired) electrons. The second kappa shape index (κ2) is 11.7. The van der Waals surface area contributed by atoms with Gasteiger partial charge in [-0.05, 0) is 61.7 Å². The fourth-order valence-electron chi connectivity index (χ4n) is 3.72. The van der Waals surface area contributed by atoms with E-state index in [2.05, 4.69) is 5.32 Å². The van der Waals surface area contributed by atoms with E-state index in [0.717, 1.165) is 5.56 Å². The minimum atomic E-state index is -0.795. The van der Waals surface area contributed by atoms with Crippen molar-refractivity contribution in [2.24, 2.45) is 0 Å². The highest BCUT2D eigenvalue weighted by Gasteiger charge is 2.32. The van der Waals surface area contributed by atoms with Crippen molar-refractivity contribution in [3.8, 4) is 0 Å². The van der Waals surface area contributed by atoms with E-state index in [9.17, 15) is 14.0 Å². The zero-order valence-electron chi connectivity index (χ0n) is 20.0. The van der Waals surface area contributed by atoms with Gasteiger partial charge in [-0.25, -0.2) is 4.39 Å². The van der Waals surface area contributed by atoms with Gasteiger partial charge in [-0.3, -0.25) is 9.59 Å². The Morgan fingerprint density at radius 1 is 0.943 bits per heavy atom. The maximum absolute atomic E-state index is 13.7. The molecule has 0 fully saturated rings. The Bertz CT molecular complexity index is 1160. The summed E-state index contributed by atoms with van der Waals surface area (Å²) in [6.45, 7) is 5.80. The molecule has 1 atom stereocenters. The van der Waals surface area contributed by atoms with Gasteiger partial charge < -0.3 is 10.2 Å². The Kier molecular flexibility index (Phi) is 8.92. The number of benzene rings is 3. The monoisotopic (exact) mass is 514 g/mol. The molecule has 1 unspecified atom stereocenters. The van der Waals surface area contributed by atoms with Gasteiger partial charge >= 0.3 is 0 Å². The molecule has 0 aromatic heterocycles. The van der Waals surface area contributed by atoms with Crippen LogP contribution >= 0.6 is 23.2 Å². The molecule has 0 saturated heterocycles. The van der Waals surface area contributed by atoms with Gasteiger partial charge in [0.25, 0.3) is 0 Å². The van der Waals surface area contributed by atoms with Crippen LogP contribution in [0.5, 0.6) is 0 Å². The summed E-state index contributed by atoms with van der Waals surface area (Å²) in [6, 6.07) is 19.6. The lowest BCUT2D eigenvalue weighted by molar-refractivity contribution is -0.141. The predicted octanol–water partition coefficient (Wildman–Crippen LogP) is 6.23. The summed E-state index contributed by atoms with van der Waals surface area (Å²) in [6.07, 6.45) is 0.336. The largest absolute Gasteiger partial charge is 0.350 e. The van der Waals surface area contributed by atoms with Crippen LogP contribution in [0.3, 0.4) is 0 Å². The van der Waals surface area contributed by atoms with Gasteiger partial charge in [0.2, 0.25) is 11.8 Å². The van der Waals surface area contributed by atoms with Crippen LogP contribution in [-0.2, 0) is 29.0 Å². The first kappa shape index (κ1) is 26.7. The van der Waals surface area contributed by atoms with Gasteiger partial charge in [-0.1, -0.05) is 71.7 Å². The van der Waals surface area contributed by atoms with Gasteiger partial charge in [-0.2, -0.15) is 0 Å². The lowest BCUT2D eigenvalue weighted by atomic mass is 10.00.